The number of ether oxygens (including phenoxy) is 1. The van der Waals surface area contributed by atoms with Crippen molar-refractivity contribution in [3.63, 3.8) is 0 Å². The van der Waals surface area contributed by atoms with E-state index < -0.39 is 36.6 Å². The second-order valence-corrected chi connectivity index (χ2v) is 12.6. The first-order chi connectivity index (χ1) is 16.2. The molecule has 214 valence electrons. The Bertz CT molecular complexity index is 1130. The summed E-state index contributed by atoms with van der Waals surface area (Å²) in [6, 6.07) is 8.04. The molecule has 1 aromatic carbocycles. The molecule has 1 aromatic rings. The quantitative estimate of drug-likeness (QED) is 0.356. The molecular formula is C20H29F6N3O6S2. The maximum Gasteiger partial charge on any atom is 0.480 e. The lowest BCUT2D eigenvalue weighted by Crippen LogP contribution is -2.43. The molecule has 0 atom stereocenters. The first-order valence-electron chi connectivity index (χ1n) is 10.1. The van der Waals surface area contributed by atoms with Crippen molar-refractivity contribution >= 4 is 31.7 Å². The first-order valence-corrected chi connectivity index (χ1v) is 13.0. The highest BCUT2D eigenvalue weighted by Gasteiger charge is 2.46. The summed E-state index contributed by atoms with van der Waals surface area (Å²) in [4.78, 5) is 12.0. The van der Waals surface area contributed by atoms with Gasteiger partial charge in [0.25, 0.3) is 0 Å². The van der Waals surface area contributed by atoms with Crippen LogP contribution in [0.4, 0.5) is 31.1 Å². The van der Waals surface area contributed by atoms with E-state index in [0.29, 0.717) is 6.61 Å². The van der Waals surface area contributed by atoms with Gasteiger partial charge in [0.2, 0.25) is 0 Å². The SMILES string of the molecule is C=C(C)c1cccc(C(C)(C)NC(=O)OCC[N+](C)(C)C)c1.O=S(=O)([N-]S(=O)(=O)C(F)(F)F)C(F)(F)F. The van der Waals surface area contributed by atoms with E-state index in [-0.39, 0.29) is 6.09 Å². The molecule has 0 aromatic heterocycles. The molecular weight excluding hydrogens is 556 g/mol. The van der Waals surface area contributed by atoms with Crippen LogP contribution in [-0.2, 0) is 30.3 Å². The van der Waals surface area contributed by atoms with Gasteiger partial charge in [0.15, 0.2) is 20.0 Å². The molecule has 0 aliphatic carbocycles. The highest BCUT2D eigenvalue weighted by molar-refractivity contribution is 8.13. The van der Waals surface area contributed by atoms with Crippen molar-refractivity contribution in [1.82, 2.24) is 5.32 Å². The molecule has 1 rings (SSSR count). The van der Waals surface area contributed by atoms with Gasteiger partial charge in [-0.3, -0.25) is 0 Å². The number of alkyl halides is 6. The number of rotatable bonds is 8. The van der Waals surface area contributed by atoms with Crippen molar-refractivity contribution in [2.75, 3.05) is 34.3 Å². The lowest BCUT2D eigenvalue weighted by molar-refractivity contribution is -0.870. The van der Waals surface area contributed by atoms with E-state index in [1.807, 2.05) is 39.0 Å². The fourth-order valence-electron chi connectivity index (χ4n) is 2.16. The fraction of sp³-hybridized carbons (Fsp3) is 0.550. The molecule has 0 radical (unpaired) electrons. The zero-order valence-corrected chi connectivity index (χ0v) is 22.5. The van der Waals surface area contributed by atoms with Crippen LogP contribution in [0.2, 0.25) is 0 Å². The Morgan fingerprint density at radius 3 is 1.84 bits per heavy atom. The molecule has 37 heavy (non-hydrogen) atoms. The number of alkyl carbamates (subject to hydrolysis) is 1. The number of halogens is 6. The normalized spacial score (nSPS) is 13.3. The maximum atomic E-state index is 12.0. The summed E-state index contributed by atoms with van der Waals surface area (Å²) < 4.78 is 115. The van der Waals surface area contributed by atoms with Crippen LogP contribution in [0.3, 0.4) is 0 Å². The van der Waals surface area contributed by atoms with Crippen LogP contribution in [0, 0.1) is 0 Å². The minimum atomic E-state index is -6.72. The van der Waals surface area contributed by atoms with Crippen molar-refractivity contribution in [2.24, 2.45) is 0 Å². The second kappa shape index (κ2) is 12.0. The number of carbonyl (C=O) groups excluding carboxylic acids is 1. The van der Waals surface area contributed by atoms with Gasteiger partial charge in [-0.15, -0.1) is 0 Å². The number of nitrogens with one attached hydrogen (secondary N) is 1. The van der Waals surface area contributed by atoms with Crippen LogP contribution in [0.25, 0.3) is 9.70 Å². The molecule has 0 unspecified atom stereocenters. The predicted molar refractivity (Wildman–Crippen MR) is 125 cm³/mol. The van der Waals surface area contributed by atoms with Gasteiger partial charge >= 0.3 is 17.1 Å². The lowest BCUT2D eigenvalue weighted by Gasteiger charge is -2.28. The lowest BCUT2D eigenvalue weighted by atomic mass is 9.92. The Morgan fingerprint density at radius 2 is 1.46 bits per heavy atom. The number of amides is 1. The van der Waals surface area contributed by atoms with Crippen LogP contribution in [0.15, 0.2) is 30.8 Å². The van der Waals surface area contributed by atoms with Gasteiger partial charge < -0.3 is 18.7 Å². The molecule has 9 nitrogen and oxygen atoms in total. The predicted octanol–water partition coefficient (Wildman–Crippen LogP) is 4.45. The molecule has 17 heteroatoms. The second-order valence-electron chi connectivity index (χ2n) is 9.18. The number of allylic oxidation sites excluding steroid dienone is 1. The third kappa shape index (κ3) is 11.7. The van der Waals surface area contributed by atoms with E-state index in [1.54, 1.807) is 0 Å². The van der Waals surface area contributed by atoms with E-state index >= 15 is 0 Å². The van der Waals surface area contributed by atoms with E-state index in [1.165, 1.54) is 0 Å². The Kier molecular flexibility index (Phi) is 11.2. The molecule has 1 N–H and O–H groups in total. The van der Waals surface area contributed by atoms with E-state index in [9.17, 15) is 48.0 Å². The first kappa shape index (κ1) is 34.6. The summed E-state index contributed by atoms with van der Waals surface area (Å²) in [5.74, 6) is 0. The fourth-order valence-corrected chi connectivity index (χ4v) is 3.87. The molecule has 1 amide bonds. The minimum Gasteiger partial charge on any atom is -0.444 e. The zero-order valence-electron chi connectivity index (χ0n) is 20.9. The number of hydrogen-bond acceptors (Lipinski definition) is 6. The van der Waals surface area contributed by atoms with Crippen LogP contribution in [0.5, 0.6) is 0 Å². The highest BCUT2D eigenvalue weighted by Crippen LogP contribution is 2.36. The van der Waals surface area contributed by atoms with Crippen molar-refractivity contribution < 1.29 is 57.2 Å². The number of carbonyl (C=O) groups is 1. The van der Waals surface area contributed by atoms with Gasteiger partial charge in [-0.1, -0.05) is 30.4 Å². The van der Waals surface area contributed by atoms with Crippen LogP contribution >= 0.6 is 0 Å². The van der Waals surface area contributed by atoms with Gasteiger partial charge in [0.05, 0.1) is 26.7 Å². The van der Waals surface area contributed by atoms with Gasteiger partial charge in [-0.25, -0.2) is 21.6 Å². The zero-order chi connectivity index (χ0) is 29.7. The molecule has 0 aliphatic rings. The van der Waals surface area contributed by atoms with Crippen molar-refractivity contribution in [2.45, 2.75) is 37.3 Å². The highest BCUT2D eigenvalue weighted by atomic mass is 32.3. The largest absolute Gasteiger partial charge is 0.480 e. The van der Waals surface area contributed by atoms with Gasteiger partial charge in [0.1, 0.15) is 13.2 Å². The van der Waals surface area contributed by atoms with Crippen molar-refractivity contribution in [3.05, 3.63) is 46.1 Å². The molecule has 0 bridgehead atoms. The number of likely N-dealkylation sites (N-methyl/N-ethyl adjacent to an activating group) is 1. The summed E-state index contributed by atoms with van der Waals surface area (Å²) in [6.45, 7) is 11.0. The molecule has 0 spiro atoms. The third-order valence-electron chi connectivity index (χ3n) is 4.27. The summed E-state index contributed by atoms with van der Waals surface area (Å²) >= 11 is 0. The molecule has 0 fully saturated rings. The maximum absolute atomic E-state index is 12.0. The number of quaternary nitrogens is 1. The molecule has 0 aliphatic heterocycles. The number of sulfonamides is 2. The molecule has 0 saturated carbocycles. The topological polar surface area (TPSA) is 121 Å². The standard InChI is InChI=1S/C18H28N2O2.C2F6NO4S2/c1-14(2)15-9-8-10-16(13-15)18(3,4)19-17(21)22-12-11-20(5,6)7;3-1(4,5)14(10,11)9-15(12,13)2(6,7)8/h8-10,13H,1,11-12H2,2-7H3;/q;-1/p+1. The average molecular weight is 586 g/mol. The van der Waals surface area contributed by atoms with E-state index in [0.717, 1.165) is 31.9 Å². The van der Waals surface area contributed by atoms with Crippen LogP contribution in [-0.4, -0.2) is 72.7 Å². The minimum absolute atomic E-state index is 0.390. The van der Waals surface area contributed by atoms with Crippen molar-refractivity contribution in [1.29, 1.82) is 0 Å². The van der Waals surface area contributed by atoms with Crippen LogP contribution in [0.1, 0.15) is 31.9 Å². The molecule has 0 saturated heterocycles. The number of hydrogen-bond donors (Lipinski definition) is 1. The number of nitrogens with zero attached hydrogens (tertiary/aromatic N) is 2. The Hall–Kier alpha value is -2.37. The summed E-state index contributed by atoms with van der Waals surface area (Å²) in [5.41, 5.74) is -9.80. The van der Waals surface area contributed by atoms with Gasteiger partial charge in [-0.05, 0) is 38.0 Å². The molecule has 0 heterocycles. The van der Waals surface area contributed by atoms with Crippen molar-refractivity contribution in [3.8, 4) is 0 Å². The third-order valence-corrected chi connectivity index (χ3v) is 7.01. The van der Waals surface area contributed by atoms with Gasteiger partial charge in [0, 0.05) is 0 Å². The monoisotopic (exact) mass is 585 g/mol. The smallest absolute Gasteiger partial charge is 0.444 e. The Morgan fingerprint density at radius 1 is 1.00 bits per heavy atom. The van der Waals surface area contributed by atoms with E-state index in [2.05, 4.69) is 39.1 Å². The Balaban J connectivity index is 0.000000757. The average Bonchev–Trinajstić information content (AvgIpc) is 2.64. The summed E-state index contributed by atoms with van der Waals surface area (Å²) in [6.07, 6.45) is -0.390. The van der Waals surface area contributed by atoms with Crippen LogP contribution < -0.4 is 5.32 Å². The number of benzene rings is 1. The van der Waals surface area contributed by atoms with Gasteiger partial charge in [-0.2, -0.15) is 26.3 Å². The van der Waals surface area contributed by atoms with E-state index in [4.69, 9.17) is 4.74 Å². The summed E-state index contributed by atoms with van der Waals surface area (Å²) in [7, 11) is -7.25. The summed E-state index contributed by atoms with van der Waals surface area (Å²) in [5, 5.41) is 2.93. The Labute approximate surface area is 212 Å².